The molecule has 2 amide bonds. The lowest BCUT2D eigenvalue weighted by Gasteiger charge is -2.26. The Morgan fingerprint density at radius 3 is 2.56 bits per heavy atom. The van der Waals surface area contributed by atoms with Crippen molar-refractivity contribution in [3.8, 4) is 0 Å². The van der Waals surface area contributed by atoms with E-state index < -0.39 is 10.9 Å². The molecule has 0 spiro atoms. The molecular weight excluding hydrogens is 350 g/mol. The molecule has 0 heterocycles. The van der Waals surface area contributed by atoms with Crippen LogP contribution in [0.25, 0.3) is 0 Å². The van der Waals surface area contributed by atoms with Crippen molar-refractivity contribution in [1.29, 1.82) is 0 Å². The van der Waals surface area contributed by atoms with E-state index >= 15 is 0 Å². The van der Waals surface area contributed by atoms with Gasteiger partial charge in [0.2, 0.25) is 0 Å². The van der Waals surface area contributed by atoms with Crippen LogP contribution in [0.4, 0.5) is 10.5 Å². The molecule has 1 aromatic rings. The zero-order valence-corrected chi connectivity index (χ0v) is 14.3. The Hall–Kier alpha value is -2.35. The molecule has 136 valence electrons. The van der Waals surface area contributed by atoms with Gasteiger partial charge in [0.05, 0.1) is 10.8 Å². The van der Waals surface area contributed by atoms with Crippen LogP contribution in [0, 0.1) is 16.0 Å². The van der Waals surface area contributed by atoms with Crippen molar-refractivity contribution in [3.05, 3.63) is 38.9 Å². The summed E-state index contributed by atoms with van der Waals surface area (Å²) in [5, 5.41) is 25.7. The molecule has 0 bridgehead atoms. The summed E-state index contributed by atoms with van der Waals surface area (Å²) >= 11 is 5.76. The van der Waals surface area contributed by atoms with Gasteiger partial charge in [0.1, 0.15) is 0 Å². The number of nitro benzene ring substituents is 1. The molecule has 1 fully saturated rings. The highest BCUT2D eigenvalue weighted by atomic mass is 35.5. The highest BCUT2D eigenvalue weighted by Crippen LogP contribution is 2.25. The summed E-state index contributed by atoms with van der Waals surface area (Å²) in [6.45, 7) is 0.249. The number of hydrogen-bond acceptors (Lipinski definition) is 4. The topological polar surface area (TPSA) is 122 Å². The lowest BCUT2D eigenvalue weighted by molar-refractivity contribution is -0.385. The summed E-state index contributed by atoms with van der Waals surface area (Å²) in [6, 6.07) is 4.05. The minimum atomic E-state index is -0.785. The molecule has 25 heavy (non-hydrogen) atoms. The summed E-state index contributed by atoms with van der Waals surface area (Å²) in [5.74, 6) is -1.11. The normalized spacial score (nSPS) is 19.9. The van der Waals surface area contributed by atoms with Crippen molar-refractivity contribution in [2.75, 3.05) is 6.54 Å². The SMILES string of the molecule is O=C(NCCc1ccc(Cl)cc1[N+](=O)[O-])NC1CCC(C(=O)O)CC1. The number of rotatable bonds is 6. The van der Waals surface area contributed by atoms with Crippen molar-refractivity contribution in [1.82, 2.24) is 10.6 Å². The van der Waals surface area contributed by atoms with Crippen LogP contribution < -0.4 is 10.6 Å². The number of carbonyl (C=O) groups excluding carboxylic acids is 1. The van der Waals surface area contributed by atoms with Crippen LogP contribution in [0.1, 0.15) is 31.2 Å². The summed E-state index contributed by atoms with van der Waals surface area (Å²) in [6.07, 6.45) is 2.68. The Kier molecular flexibility index (Phi) is 6.58. The van der Waals surface area contributed by atoms with Crippen LogP contribution in [0.5, 0.6) is 0 Å². The molecule has 0 aromatic heterocycles. The molecule has 2 rings (SSSR count). The number of halogens is 1. The maximum atomic E-state index is 11.9. The monoisotopic (exact) mass is 369 g/mol. The average Bonchev–Trinajstić information content (AvgIpc) is 2.56. The molecule has 8 nitrogen and oxygen atoms in total. The zero-order chi connectivity index (χ0) is 18.4. The standard InChI is InChI=1S/C16H20ClN3O5/c17-12-4-1-10(14(9-12)20(24)25)7-8-18-16(23)19-13-5-2-11(3-6-13)15(21)22/h1,4,9,11,13H,2-3,5-8H2,(H,21,22)(H2,18,19,23). The molecule has 0 aliphatic heterocycles. The lowest BCUT2D eigenvalue weighted by atomic mass is 9.86. The van der Waals surface area contributed by atoms with Crippen LogP contribution in [0.15, 0.2) is 18.2 Å². The number of nitro groups is 1. The maximum absolute atomic E-state index is 11.9. The van der Waals surface area contributed by atoms with Gasteiger partial charge in [-0.25, -0.2) is 4.79 Å². The number of aliphatic carboxylic acids is 1. The summed E-state index contributed by atoms with van der Waals surface area (Å²) in [7, 11) is 0. The fraction of sp³-hybridized carbons (Fsp3) is 0.500. The molecule has 1 aromatic carbocycles. The van der Waals surface area contributed by atoms with E-state index in [4.69, 9.17) is 16.7 Å². The van der Waals surface area contributed by atoms with E-state index in [-0.39, 0.29) is 35.2 Å². The van der Waals surface area contributed by atoms with E-state index in [1.54, 1.807) is 12.1 Å². The number of benzene rings is 1. The zero-order valence-electron chi connectivity index (χ0n) is 13.5. The lowest BCUT2D eigenvalue weighted by Crippen LogP contribution is -2.44. The van der Waals surface area contributed by atoms with Gasteiger partial charge in [0, 0.05) is 29.2 Å². The van der Waals surface area contributed by atoms with Gasteiger partial charge in [-0.1, -0.05) is 17.7 Å². The number of hydrogen-bond donors (Lipinski definition) is 3. The van der Waals surface area contributed by atoms with Crippen molar-refractivity contribution in [2.24, 2.45) is 5.92 Å². The second kappa shape index (κ2) is 8.66. The molecule has 0 unspecified atom stereocenters. The third-order valence-electron chi connectivity index (χ3n) is 4.34. The molecule has 0 atom stereocenters. The Morgan fingerprint density at radius 2 is 1.96 bits per heavy atom. The quantitative estimate of drug-likeness (QED) is 0.525. The number of carbonyl (C=O) groups is 2. The minimum absolute atomic E-state index is 0.0412. The van der Waals surface area contributed by atoms with Gasteiger partial charge < -0.3 is 15.7 Å². The first-order chi connectivity index (χ1) is 11.9. The molecule has 9 heteroatoms. The Labute approximate surface area is 149 Å². The van der Waals surface area contributed by atoms with E-state index in [1.165, 1.54) is 6.07 Å². The van der Waals surface area contributed by atoms with Crippen molar-refractivity contribution in [2.45, 2.75) is 38.1 Å². The van der Waals surface area contributed by atoms with E-state index in [0.29, 0.717) is 37.7 Å². The number of nitrogens with zero attached hydrogens (tertiary/aromatic N) is 1. The molecular formula is C16H20ClN3O5. The summed E-state index contributed by atoms with van der Waals surface area (Å²) in [4.78, 5) is 33.3. The van der Waals surface area contributed by atoms with Crippen molar-refractivity contribution >= 4 is 29.3 Å². The number of urea groups is 1. The van der Waals surface area contributed by atoms with E-state index in [2.05, 4.69) is 10.6 Å². The van der Waals surface area contributed by atoms with Crippen LogP contribution in [-0.2, 0) is 11.2 Å². The maximum Gasteiger partial charge on any atom is 0.315 e. The Morgan fingerprint density at radius 1 is 1.28 bits per heavy atom. The van der Waals surface area contributed by atoms with Gasteiger partial charge in [-0.05, 0) is 38.2 Å². The summed E-state index contributed by atoms with van der Waals surface area (Å²) in [5.41, 5.74) is 0.429. The molecule has 3 N–H and O–H groups in total. The van der Waals surface area contributed by atoms with Crippen LogP contribution in [0.3, 0.4) is 0 Å². The molecule has 0 saturated heterocycles. The van der Waals surface area contributed by atoms with Crippen molar-refractivity contribution in [3.63, 3.8) is 0 Å². The van der Waals surface area contributed by atoms with Crippen LogP contribution in [-0.4, -0.2) is 34.6 Å². The molecule has 1 aliphatic carbocycles. The highest BCUT2D eigenvalue weighted by Gasteiger charge is 2.26. The van der Waals surface area contributed by atoms with Gasteiger partial charge in [-0.15, -0.1) is 0 Å². The van der Waals surface area contributed by atoms with Gasteiger partial charge >= 0.3 is 12.0 Å². The third kappa shape index (κ3) is 5.60. The molecule has 1 aliphatic rings. The number of amides is 2. The van der Waals surface area contributed by atoms with E-state index in [1.807, 2.05) is 0 Å². The first kappa shape index (κ1) is 19.0. The van der Waals surface area contributed by atoms with Crippen molar-refractivity contribution < 1.29 is 19.6 Å². The number of carboxylic acid groups (broad SMARTS) is 1. The van der Waals surface area contributed by atoms with Crippen LogP contribution >= 0.6 is 11.6 Å². The largest absolute Gasteiger partial charge is 0.481 e. The van der Waals surface area contributed by atoms with E-state index in [0.717, 1.165) is 0 Å². The fourth-order valence-corrected chi connectivity index (χ4v) is 3.12. The van der Waals surface area contributed by atoms with Gasteiger partial charge in [0.15, 0.2) is 0 Å². The minimum Gasteiger partial charge on any atom is -0.481 e. The first-order valence-corrected chi connectivity index (χ1v) is 8.44. The first-order valence-electron chi connectivity index (χ1n) is 8.07. The third-order valence-corrected chi connectivity index (χ3v) is 4.57. The Bertz CT molecular complexity index is 659. The second-order valence-electron chi connectivity index (χ2n) is 6.07. The van der Waals surface area contributed by atoms with Crippen LogP contribution in [0.2, 0.25) is 5.02 Å². The highest BCUT2D eigenvalue weighted by molar-refractivity contribution is 6.30. The fourth-order valence-electron chi connectivity index (χ4n) is 2.95. The average molecular weight is 370 g/mol. The van der Waals surface area contributed by atoms with Gasteiger partial charge in [-0.3, -0.25) is 14.9 Å². The van der Waals surface area contributed by atoms with Gasteiger partial charge in [-0.2, -0.15) is 0 Å². The summed E-state index contributed by atoms with van der Waals surface area (Å²) < 4.78 is 0. The Balaban J connectivity index is 1.76. The predicted molar refractivity (Wildman–Crippen MR) is 91.7 cm³/mol. The predicted octanol–water partition coefficient (Wildman–Crippen LogP) is 2.73. The smallest absolute Gasteiger partial charge is 0.315 e. The number of carboxylic acids is 1. The number of nitrogens with one attached hydrogen (secondary N) is 2. The molecule has 1 saturated carbocycles. The molecule has 0 radical (unpaired) electrons. The van der Waals surface area contributed by atoms with Gasteiger partial charge in [0.25, 0.3) is 5.69 Å². The second-order valence-corrected chi connectivity index (χ2v) is 6.50. The van der Waals surface area contributed by atoms with E-state index in [9.17, 15) is 19.7 Å².